The molecule has 0 aromatic carbocycles. The van der Waals surface area contributed by atoms with Gasteiger partial charge in [-0.3, -0.25) is 4.68 Å². The van der Waals surface area contributed by atoms with Gasteiger partial charge in [0.15, 0.2) is 0 Å². The number of aryl methyl sites for hydroxylation is 2. The van der Waals surface area contributed by atoms with Crippen LogP contribution < -0.4 is 5.32 Å². The standard InChI is InChI=1S/C13H25N3O/c1-6-12(7-8-17)14-9(2)13-10(3)15-16(5)11(13)4/h9,12,14,17H,6-8H2,1-5H3. The van der Waals surface area contributed by atoms with Gasteiger partial charge < -0.3 is 10.4 Å². The second-order valence-electron chi connectivity index (χ2n) is 4.71. The van der Waals surface area contributed by atoms with Crippen LogP contribution in [0.25, 0.3) is 0 Å². The van der Waals surface area contributed by atoms with Crippen LogP contribution in [-0.2, 0) is 7.05 Å². The Morgan fingerprint density at radius 1 is 1.41 bits per heavy atom. The van der Waals surface area contributed by atoms with Crippen LogP contribution in [0.2, 0.25) is 0 Å². The molecule has 4 heteroatoms. The van der Waals surface area contributed by atoms with E-state index >= 15 is 0 Å². The van der Waals surface area contributed by atoms with Crippen molar-refractivity contribution in [2.45, 2.75) is 52.6 Å². The third-order valence-electron chi connectivity index (χ3n) is 3.45. The van der Waals surface area contributed by atoms with Crippen LogP contribution in [0.3, 0.4) is 0 Å². The minimum Gasteiger partial charge on any atom is -0.396 e. The van der Waals surface area contributed by atoms with Gasteiger partial charge >= 0.3 is 0 Å². The van der Waals surface area contributed by atoms with Crippen molar-refractivity contribution in [3.63, 3.8) is 0 Å². The predicted octanol–water partition coefficient (Wildman–Crippen LogP) is 1.85. The van der Waals surface area contributed by atoms with E-state index in [9.17, 15) is 0 Å². The summed E-state index contributed by atoms with van der Waals surface area (Å²) in [7, 11) is 1.98. The Morgan fingerprint density at radius 2 is 2.06 bits per heavy atom. The molecule has 0 aliphatic rings. The molecule has 2 N–H and O–H groups in total. The predicted molar refractivity (Wildman–Crippen MR) is 70.0 cm³/mol. The van der Waals surface area contributed by atoms with Crippen molar-refractivity contribution in [3.05, 3.63) is 17.0 Å². The molecule has 2 unspecified atom stereocenters. The van der Waals surface area contributed by atoms with Crippen LogP contribution in [-0.4, -0.2) is 27.5 Å². The molecule has 17 heavy (non-hydrogen) atoms. The van der Waals surface area contributed by atoms with Crippen molar-refractivity contribution in [1.82, 2.24) is 15.1 Å². The molecule has 1 aromatic heterocycles. The quantitative estimate of drug-likeness (QED) is 0.796. The first kappa shape index (κ1) is 14.2. The van der Waals surface area contributed by atoms with Gasteiger partial charge in [0.1, 0.15) is 0 Å². The number of hydrogen-bond acceptors (Lipinski definition) is 3. The van der Waals surface area contributed by atoms with Crippen molar-refractivity contribution in [2.75, 3.05) is 6.61 Å². The van der Waals surface area contributed by atoms with Crippen LogP contribution in [0.4, 0.5) is 0 Å². The molecular weight excluding hydrogens is 214 g/mol. The monoisotopic (exact) mass is 239 g/mol. The number of nitrogens with one attached hydrogen (secondary N) is 1. The molecule has 1 aromatic rings. The summed E-state index contributed by atoms with van der Waals surface area (Å²) in [6.45, 7) is 8.69. The maximum Gasteiger partial charge on any atom is 0.0644 e. The molecular formula is C13H25N3O. The molecule has 0 spiro atoms. The zero-order valence-corrected chi connectivity index (χ0v) is 11.6. The van der Waals surface area contributed by atoms with Gasteiger partial charge in [-0.1, -0.05) is 6.92 Å². The van der Waals surface area contributed by atoms with Gasteiger partial charge in [0.2, 0.25) is 0 Å². The van der Waals surface area contributed by atoms with Crippen LogP contribution in [0.15, 0.2) is 0 Å². The van der Waals surface area contributed by atoms with E-state index in [0.717, 1.165) is 18.5 Å². The van der Waals surface area contributed by atoms with E-state index in [0.29, 0.717) is 6.04 Å². The first-order chi connectivity index (χ1) is 8.01. The second-order valence-corrected chi connectivity index (χ2v) is 4.71. The number of rotatable bonds is 6. The zero-order chi connectivity index (χ0) is 13.0. The molecule has 1 rings (SSSR count). The highest BCUT2D eigenvalue weighted by molar-refractivity contribution is 5.27. The van der Waals surface area contributed by atoms with Gasteiger partial charge in [-0.25, -0.2) is 0 Å². The Hall–Kier alpha value is -0.870. The lowest BCUT2D eigenvalue weighted by Gasteiger charge is -2.22. The molecule has 0 saturated heterocycles. The van der Waals surface area contributed by atoms with Crippen molar-refractivity contribution in [2.24, 2.45) is 7.05 Å². The molecule has 98 valence electrons. The average Bonchev–Trinajstić information content (AvgIpc) is 2.52. The largest absolute Gasteiger partial charge is 0.396 e. The Labute approximate surface area is 104 Å². The van der Waals surface area contributed by atoms with Crippen molar-refractivity contribution >= 4 is 0 Å². The number of hydrogen-bond donors (Lipinski definition) is 2. The third kappa shape index (κ3) is 3.30. The van der Waals surface area contributed by atoms with E-state index in [1.54, 1.807) is 0 Å². The molecule has 0 amide bonds. The number of aliphatic hydroxyl groups excluding tert-OH is 1. The molecule has 4 nitrogen and oxygen atoms in total. The van der Waals surface area contributed by atoms with Crippen LogP contribution in [0.5, 0.6) is 0 Å². The van der Waals surface area contributed by atoms with Gasteiger partial charge in [0, 0.05) is 37.0 Å². The molecule has 0 radical (unpaired) electrons. The van der Waals surface area contributed by atoms with Crippen LogP contribution >= 0.6 is 0 Å². The third-order valence-corrected chi connectivity index (χ3v) is 3.45. The summed E-state index contributed by atoms with van der Waals surface area (Å²) in [5, 5.41) is 17.0. The number of aromatic nitrogens is 2. The van der Waals surface area contributed by atoms with Crippen molar-refractivity contribution in [1.29, 1.82) is 0 Å². The molecule has 0 saturated carbocycles. The fraction of sp³-hybridized carbons (Fsp3) is 0.769. The summed E-state index contributed by atoms with van der Waals surface area (Å²) < 4.78 is 1.93. The molecule has 2 atom stereocenters. The smallest absolute Gasteiger partial charge is 0.0644 e. The summed E-state index contributed by atoms with van der Waals surface area (Å²) >= 11 is 0. The van der Waals surface area contributed by atoms with Gasteiger partial charge in [-0.05, 0) is 33.6 Å². The van der Waals surface area contributed by atoms with Crippen LogP contribution in [0.1, 0.15) is 49.7 Å². The van der Waals surface area contributed by atoms with E-state index in [-0.39, 0.29) is 12.6 Å². The molecule has 0 aliphatic carbocycles. The minimum absolute atomic E-state index is 0.239. The zero-order valence-electron chi connectivity index (χ0n) is 11.6. The van der Waals surface area contributed by atoms with Gasteiger partial charge in [0.25, 0.3) is 0 Å². The van der Waals surface area contributed by atoms with E-state index < -0.39 is 0 Å². The lowest BCUT2D eigenvalue weighted by molar-refractivity contribution is 0.257. The average molecular weight is 239 g/mol. The van der Waals surface area contributed by atoms with E-state index in [1.165, 1.54) is 11.3 Å². The normalized spacial score (nSPS) is 14.9. The Kier molecular flexibility index (Phi) is 5.15. The lowest BCUT2D eigenvalue weighted by atomic mass is 10.0. The Morgan fingerprint density at radius 3 is 2.47 bits per heavy atom. The number of nitrogens with zero attached hydrogens (tertiary/aromatic N) is 2. The summed E-state index contributed by atoms with van der Waals surface area (Å²) in [4.78, 5) is 0. The van der Waals surface area contributed by atoms with Crippen molar-refractivity contribution in [3.8, 4) is 0 Å². The Balaban J connectivity index is 2.78. The number of aliphatic hydroxyl groups is 1. The molecule has 0 fully saturated rings. The maximum atomic E-state index is 9.01. The summed E-state index contributed by atoms with van der Waals surface area (Å²) in [6, 6.07) is 0.647. The van der Waals surface area contributed by atoms with E-state index in [4.69, 9.17) is 5.11 Å². The highest BCUT2D eigenvalue weighted by Gasteiger charge is 2.18. The SMILES string of the molecule is CCC(CCO)NC(C)c1c(C)nn(C)c1C. The molecule has 0 aliphatic heterocycles. The first-order valence-corrected chi connectivity index (χ1v) is 6.38. The Bertz CT molecular complexity index is 360. The minimum atomic E-state index is 0.239. The summed E-state index contributed by atoms with van der Waals surface area (Å²) in [5.41, 5.74) is 3.58. The molecule has 1 heterocycles. The fourth-order valence-corrected chi connectivity index (χ4v) is 2.41. The fourth-order valence-electron chi connectivity index (χ4n) is 2.41. The van der Waals surface area contributed by atoms with Gasteiger partial charge in [0.05, 0.1) is 5.69 Å². The topological polar surface area (TPSA) is 50.1 Å². The summed E-state index contributed by atoms with van der Waals surface area (Å²) in [6.07, 6.45) is 1.84. The van der Waals surface area contributed by atoms with Crippen LogP contribution in [0, 0.1) is 13.8 Å². The lowest BCUT2D eigenvalue weighted by Crippen LogP contribution is -2.32. The van der Waals surface area contributed by atoms with Crippen molar-refractivity contribution < 1.29 is 5.11 Å². The highest BCUT2D eigenvalue weighted by atomic mass is 16.3. The van der Waals surface area contributed by atoms with Gasteiger partial charge in [-0.2, -0.15) is 5.10 Å². The maximum absolute atomic E-state index is 9.01. The summed E-state index contributed by atoms with van der Waals surface area (Å²) in [5.74, 6) is 0. The molecule has 0 bridgehead atoms. The van der Waals surface area contributed by atoms with Gasteiger partial charge in [-0.15, -0.1) is 0 Å². The second kappa shape index (κ2) is 6.17. The highest BCUT2D eigenvalue weighted by Crippen LogP contribution is 2.21. The first-order valence-electron chi connectivity index (χ1n) is 6.38. The van der Waals surface area contributed by atoms with E-state index in [2.05, 4.69) is 31.2 Å². The van der Waals surface area contributed by atoms with E-state index in [1.807, 2.05) is 18.7 Å².